The SMILES string of the molecule is COC1CC1OCCOC(=O)NCCCCC(C=O)NC(=O)OCCOC1CC1OC. The van der Waals surface area contributed by atoms with Crippen molar-refractivity contribution in [1.29, 1.82) is 0 Å². The molecule has 2 amide bonds. The van der Waals surface area contributed by atoms with Gasteiger partial charge in [0, 0.05) is 33.6 Å². The normalized spacial score (nSPS) is 24.7. The lowest BCUT2D eigenvalue weighted by molar-refractivity contribution is -0.109. The van der Waals surface area contributed by atoms with Crippen LogP contribution in [0.15, 0.2) is 0 Å². The smallest absolute Gasteiger partial charge is 0.407 e. The van der Waals surface area contributed by atoms with Gasteiger partial charge in [0.2, 0.25) is 0 Å². The molecule has 31 heavy (non-hydrogen) atoms. The zero-order valence-corrected chi connectivity index (χ0v) is 18.2. The van der Waals surface area contributed by atoms with E-state index in [0.717, 1.165) is 12.8 Å². The first-order chi connectivity index (χ1) is 15.1. The summed E-state index contributed by atoms with van der Waals surface area (Å²) in [5.41, 5.74) is 0. The van der Waals surface area contributed by atoms with E-state index in [1.807, 2.05) is 0 Å². The molecule has 0 saturated heterocycles. The molecule has 2 N–H and O–H groups in total. The first kappa shape index (κ1) is 25.3. The van der Waals surface area contributed by atoms with E-state index in [1.54, 1.807) is 14.2 Å². The third kappa shape index (κ3) is 10.8. The average molecular weight is 446 g/mol. The number of hydrogen-bond donors (Lipinski definition) is 2. The number of ether oxygens (including phenoxy) is 6. The number of hydrogen-bond acceptors (Lipinski definition) is 9. The lowest BCUT2D eigenvalue weighted by Gasteiger charge is -2.13. The molecule has 0 heterocycles. The summed E-state index contributed by atoms with van der Waals surface area (Å²) in [5, 5.41) is 5.13. The number of carbonyl (C=O) groups is 3. The molecule has 0 aromatic carbocycles. The van der Waals surface area contributed by atoms with Crippen LogP contribution in [0.25, 0.3) is 0 Å². The van der Waals surface area contributed by atoms with E-state index < -0.39 is 18.2 Å². The van der Waals surface area contributed by atoms with Crippen LogP contribution in [0.3, 0.4) is 0 Å². The largest absolute Gasteiger partial charge is 0.447 e. The van der Waals surface area contributed by atoms with Crippen LogP contribution in [0, 0.1) is 0 Å². The van der Waals surface area contributed by atoms with E-state index in [2.05, 4.69) is 10.6 Å². The Hall–Kier alpha value is -1.95. The highest BCUT2D eigenvalue weighted by molar-refractivity contribution is 5.73. The Morgan fingerprint density at radius 3 is 1.97 bits per heavy atom. The lowest BCUT2D eigenvalue weighted by Crippen LogP contribution is -2.37. The van der Waals surface area contributed by atoms with Crippen molar-refractivity contribution < 1.29 is 42.8 Å². The molecule has 11 nitrogen and oxygen atoms in total. The van der Waals surface area contributed by atoms with Crippen LogP contribution in [0.2, 0.25) is 0 Å². The maximum Gasteiger partial charge on any atom is 0.407 e. The summed E-state index contributed by atoms with van der Waals surface area (Å²) in [5.74, 6) is 0. The minimum Gasteiger partial charge on any atom is -0.447 e. The Morgan fingerprint density at radius 1 is 0.871 bits per heavy atom. The summed E-state index contributed by atoms with van der Waals surface area (Å²) in [6, 6.07) is -0.642. The molecule has 0 spiro atoms. The molecule has 2 aliphatic carbocycles. The van der Waals surface area contributed by atoms with Gasteiger partial charge in [-0.25, -0.2) is 9.59 Å². The standard InChI is InChI=1S/C20H34N2O9/c1-26-15-11-17(15)28-7-9-30-19(24)21-6-4-3-5-14(13-23)22-20(25)31-10-8-29-18-12-16(18)27-2/h13-18H,3-12H2,1-2H3,(H,21,24)(H,22,25). The van der Waals surface area contributed by atoms with E-state index >= 15 is 0 Å². The summed E-state index contributed by atoms with van der Waals surface area (Å²) < 4.78 is 31.1. The van der Waals surface area contributed by atoms with Crippen LogP contribution in [0.5, 0.6) is 0 Å². The molecule has 11 heteroatoms. The number of carbonyl (C=O) groups excluding carboxylic acids is 3. The Balaban J connectivity index is 1.39. The first-order valence-electron chi connectivity index (χ1n) is 10.6. The monoisotopic (exact) mass is 446 g/mol. The van der Waals surface area contributed by atoms with Crippen molar-refractivity contribution in [2.75, 3.05) is 47.2 Å². The van der Waals surface area contributed by atoms with Crippen LogP contribution in [-0.4, -0.2) is 96.1 Å². The van der Waals surface area contributed by atoms with Gasteiger partial charge in [0.1, 0.15) is 19.5 Å². The Morgan fingerprint density at radius 2 is 1.45 bits per heavy atom. The first-order valence-corrected chi connectivity index (χ1v) is 10.6. The summed E-state index contributed by atoms with van der Waals surface area (Å²) in [7, 11) is 3.27. The van der Waals surface area contributed by atoms with Gasteiger partial charge in [-0.3, -0.25) is 0 Å². The fourth-order valence-corrected chi connectivity index (χ4v) is 2.91. The molecular formula is C20H34N2O9. The molecule has 5 unspecified atom stereocenters. The van der Waals surface area contributed by atoms with Crippen molar-refractivity contribution in [3.8, 4) is 0 Å². The number of nitrogens with one attached hydrogen (secondary N) is 2. The second kappa shape index (κ2) is 14.2. The van der Waals surface area contributed by atoms with Crippen LogP contribution >= 0.6 is 0 Å². The molecule has 0 aromatic heterocycles. The second-order valence-corrected chi connectivity index (χ2v) is 7.42. The van der Waals surface area contributed by atoms with Crippen LogP contribution in [0.4, 0.5) is 9.59 Å². The quantitative estimate of drug-likeness (QED) is 0.246. The van der Waals surface area contributed by atoms with E-state index in [9.17, 15) is 14.4 Å². The van der Waals surface area contributed by atoms with Gasteiger partial charge in [-0.2, -0.15) is 0 Å². The maximum atomic E-state index is 11.7. The molecule has 5 atom stereocenters. The maximum absolute atomic E-state index is 11.7. The van der Waals surface area contributed by atoms with Crippen molar-refractivity contribution in [2.45, 2.75) is 62.6 Å². The number of amides is 2. The van der Waals surface area contributed by atoms with E-state index in [1.165, 1.54) is 0 Å². The molecule has 2 saturated carbocycles. The van der Waals surface area contributed by atoms with E-state index in [-0.39, 0.29) is 44.2 Å². The summed E-state index contributed by atoms with van der Waals surface area (Å²) in [6.07, 6.45) is 3.41. The Bertz CT molecular complexity index is 563. The third-order valence-electron chi connectivity index (χ3n) is 4.93. The van der Waals surface area contributed by atoms with Gasteiger partial charge in [0.15, 0.2) is 0 Å². The van der Waals surface area contributed by atoms with Crippen molar-refractivity contribution in [3.05, 3.63) is 0 Å². The van der Waals surface area contributed by atoms with Crippen LogP contribution in [-0.2, 0) is 33.2 Å². The van der Waals surface area contributed by atoms with Gasteiger partial charge in [-0.1, -0.05) is 0 Å². The van der Waals surface area contributed by atoms with Gasteiger partial charge >= 0.3 is 12.2 Å². The molecule has 0 aromatic rings. The predicted octanol–water partition coefficient (Wildman–Crippen LogP) is 0.784. The Kier molecular flexibility index (Phi) is 11.6. The van der Waals surface area contributed by atoms with E-state index in [4.69, 9.17) is 28.4 Å². The molecule has 2 rings (SSSR count). The molecule has 0 aliphatic heterocycles. The number of methoxy groups -OCH3 is 2. The summed E-state index contributed by atoms with van der Waals surface area (Å²) in [4.78, 5) is 34.4. The van der Waals surface area contributed by atoms with Crippen molar-refractivity contribution >= 4 is 18.5 Å². The lowest BCUT2D eigenvalue weighted by atomic mass is 10.1. The minimum atomic E-state index is -0.660. The zero-order chi connectivity index (χ0) is 22.5. The fourth-order valence-electron chi connectivity index (χ4n) is 2.91. The summed E-state index contributed by atoms with van der Waals surface area (Å²) >= 11 is 0. The number of unbranched alkanes of at least 4 members (excludes halogenated alkanes) is 1. The van der Waals surface area contributed by atoms with Crippen molar-refractivity contribution in [1.82, 2.24) is 10.6 Å². The van der Waals surface area contributed by atoms with Crippen molar-refractivity contribution in [3.63, 3.8) is 0 Å². The topological polar surface area (TPSA) is 131 Å². The molecule has 178 valence electrons. The van der Waals surface area contributed by atoms with Crippen LogP contribution in [0.1, 0.15) is 32.1 Å². The predicted molar refractivity (Wildman–Crippen MR) is 108 cm³/mol. The highest BCUT2D eigenvalue weighted by Crippen LogP contribution is 2.28. The van der Waals surface area contributed by atoms with Crippen LogP contribution < -0.4 is 10.6 Å². The van der Waals surface area contributed by atoms with Gasteiger partial charge in [-0.15, -0.1) is 0 Å². The number of alkyl carbamates (subject to hydrolysis) is 2. The minimum absolute atomic E-state index is 0.0741. The average Bonchev–Trinajstić information content (AvgIpc) is 3.68. The highest BCUT2D eigenvalue weighted by atomic mass is 16.6. The van der Waals surface area contributed by atoms with Gasteiger partial charge in [0.05, 0.1) is 43.7 Å². The zero-order valence-electron chi connectivity index (χ0n) is 18.2. The fraction of sp³-hybridized carbons (Fsp3) is 0.850. The van der Waals surface area contributed by atoms with Gasteiger partial charge in [-0.05, 0) is 19.3 Å². The molecule has 0 bridgehead atoms. The Labute approximate surface area is 182 Å². The highest BCUT2D eigenvalue weighted by Gasteiger charge is 2.39. The van der Waals surface area contributed by atoms with Gasteiger partial charge < -0.3 is 43.8 Å². The molecule has 2 fully saturated rings. The van der Waals surface area contributed by atoms with E-state index in [0.29, 0.717) is 38.7 Å². The molecule has 2 aliphatic rings. The summed E-state index contributed by atoms with van der Waals surface area (Å²) in [6.45, 7) is 1.31. The number of aldehydes is 1. The molecule has 0 radical (unpaired) electrons. The molecular weight excluding hydrogens is 412 g/mol. The van der Waals surface area contributed by atoms with Gasteiger partial charge in [0.25, 0.3) is 0 Å². The number of rotatable bonds is 17. The van der Waals surface area contributed by atoms with Crippen molar-refractivity contribution in [2.24, 2.45) is 0 Å². The third-order valence-corrected chi connectivity index (χ3v) is 4.93. The second-order valence-electron chi connectivity index (χ2n) is 7.42.